The number of aromatic nitrogens is 2. The molecule has 0 spiro atoms. The lowest BCUT2D eigenvalue weighted by Gasteiger charge is -2.31. The number of carbonyl (C=O) groups excluding carboxylic acids is 2. The second-order valence-corrected chi connectivity index (χ2v) is 8.83. The van der Waals surface area contributed by atoms with E-state index >= 15 is 0 Å². The molecule has 1 saturated heterocycles. The third kappa shape index (κ3) is 6.27. The minimum Gasteiger partial charge on any atom is -0.390 e. The van der Waals surface area contributed by atoms with E-state index in [1.165, 1.54) is 17.5 Å². The van der Waals surface area contributed by atoms with Crippen molar-refractivity contribution < 1.29 is 14.7 Å². The molecule has 2 aromatic rings. The highest BCUT2D eigenvalue weighted by atomic mass is 16.3. The number of nitrogens with zero attached hydrogens (tertiary/aromatic N) is 4. The second kappa shape index (κ2) is 10.7. The summed E-state index contributed by atoms with van der Waals surface area (Å²) in [5.41, 5.74) is 2.93. The molecule has 0 aliphatic carbocycles. The summed E-state index contributed by atoms with van der Waals surface area (Å²) in [5, 5.41) is 16.6. The molecule has 0 saturated carbocycles. The Labute approximate surface area is 194 Å². The summed E-state index contributed by atoms with van der Waals surface area (Å²) >= 11 is 0. The van der Waals surface area contributed by atoms with Gasteiger partial charge >= 0.3 is 0 Å². The first kappa shape index (κ1) is 23.1. The highest BCUT2D eigenvalue weighted by Crippen LogP contribution is 2.18. The number of anilines is 1. The number of aliphatic hydroxyl groups is 1. The lowest BCUT2D eigenvalue weighted by molar-refractivity contribution is -0.129. The Hall–Kier alpha value is -3.04. The third-order valence-electron chi connectivity index (χ3n) is 6.37. The number of benzene rings is 1. The van der Waals surface area contributed by atoms with Crippen LogP contribution in [-0.4, -0.2) is 81.6 Å². The summed E-state index contributed by atoms with van der Waals surface area (Å²) in [7, 11) is 0. The molecule has 1 fully saturated rings. The van der Waals surface area contributed by atoms with Crippen LogP contribution in [0.2, 0.25) is 0 Å². The zero-order valence-corrected chi connectivity index (χ0v) is 19.0. The number of β-amino-alcohol motifs (C(OH)–C–C–N with tert-alkyl or cyclic N) is 1. The fourth-order valence-corrected chi connectivity index (χ4v) is 4.48. The first-order valence-electron chi connectivity index (χ1n) is 11.6. The quantitative estimate of drug-likeness (QED) is 0.576. The lowest BCUT2D eigenvalue weighted by atomic mass is 10.00. The van der Waals surface area contributed by atoms with Crippen LogP contribution in [-0.2, 0) is 17.8 Å². The van der Waals surface area contributed by atoms with E-state index in [-0.39, 0.29) is 30.1 Å². The molecule has 4 rings (SSSR count). The lowest BCUT2D eigenvalue weighted by Crippen LogP contribution is -2.42. The number of likely N-dealkylation sites (tertiary alicyclic amines) is 1. The van der Waals surface area contributed by atoms with Gasteiger partial charge in [-0.25, -0.2) is 9.97 Å². The number of carbonyl (C=O) groups is 2. The van der Waals surface area contributed by atoms with Crippen molar-refractivity contribution in [3.05, 3.63) is 53.5 Å². The number of hydrogen-bond acceptors (Lipinski definition) is 7. The molecule has 3 N–H and O–H groups in total. The number of fused-ring (bicyclic) bond motifs is 1. The van der Waals surface area contributed by atoms with Gasteiger partial charge in [-0.05, 0) is 30.4 Å². The van der Waals surface area contributed by atoms with E-state index in [2.05, 4.69) is 43.7 Å². The van der Waals surface area contributed by atoms with Gasteiger partial charge in [0.2, 0.25) is 5.91 Å². The van der Waals surface area contributed by atoms with Gasteiger partial charge in [0.25, 0.3) is 5.91 Å². The van der Waals surface area contributed by atoms with Crippen molar-refractivity contribution in [3.63, 3.8) is 0 Å². The van der Waals surface area contributed by atoms with Crippen LogP contribution >= 0.6 is 0 Å². The van der Waals surface area contributed by atoms with E-state index in [1.807, 2.05) is 11.0 Å². The first-order valence-corrected chi connectivity index (χ1v) is 11.6. The normalized spacial score (nSPS) is 17.8. The summed E-state index contributed by atoms with van der Waals surface area (Å²) in [4.78, 5) is 36.4. The van der Waals surface area contributed by atoms with Gasteiger partial charge in [0, 0.05) is 58.3 Å². The van der Waals surface area contributed by atoms with Crippen LogP contribution in [0.4, 0.5) is 5.82 Å². The number of hydrogen-bond donors (Lipinski definition) is 3. The van der Waals surface area contributed by atoms with Gasteiger partial charge in [0.1, 0.15) is 17.8 Å². The Bertz CT molecular complexity index is 976. The Morgan fingerprint density at radius 3 is 2.67 bits per heavy atom. The predicted molar refractivity (Wildman–Crippen MR) is 125 cm³/mol. The van der Waals surface area contributed by atoms with Crippen molar-refractivity contribution >= 4 is 17.6 Å². The van der Waals surface area contributed by atoms with Crippen LogP contribution in [0.5, 0.6) is 0 Å². The molecule has 3 heterocycles. The fraction of sp³-hybridized carbons (Fsp3) is 0.500. The molecule has 2 aliphatic rings. The zero-order chi connectivity index (χ0) is 23.2. The smallest absolute Gasteiger partial charge is 0.270 e. The standard InChI is InChI=1S/C24H32N6O3/c1-17(31)30-10-7-20(8-11-30)28-23-12-22(26-16-27-23)24(33)25-13-21(32)15-29-9-6-18-4-2-3-5-19(18)14-29/h2-5,12,16,20-21,32H,6-11,13-15H2,1H3,(H,25,33)(H,26,27,28)/t21-/m0/s1. The maximum absolute atomic E-state index is 12.6. The average molecular weight is 453 g/mol. The summed E-state index contributed by atoms with van der Waals surface area (Å²) in [6.45, 7) is 5.39. The molecule has 0 bridgehead atoms. The molecule has 1 aromatic carbocycles. The molecule has 33 heavy (non-hydrogen) atoms. The van der Waals surface area contributed by atoms with Crippen molar-refractivity contribution in [1.29, 1.82) is 0 Å². The number of amides is 2. The molecule has 176 valence electrons. The van der Waals surface area contributed by atoms with E-state index in [0.717, 1.165) is 32.4 Å². The van der Waals surface area contributed by atoms with E-state index in [9.17, 15) is 14.7 Å². The average Bonchev–Trinajstić information content (AvgIpc) is 2.83. The van der Waals surface area contributed by atoms with E-state index in [1.54, 1.807) is 13.0 Å². The van der Waals surface area contributed by atoms with E-state index < -0.39 is 6.10 Å². The van der Waals surface area contributed by atoms with E-state index in [0.29, 0.717) is 25.5 Å². The molecule has 2 amide bonds. The Balaban J connectivity index is 1.23. The van der Waals surface area contributed by atoms with Crippen LogP contribution in [0, 0.1) is 0 Å². The molecule has 9 nitrogen and oxygen atoms in total. The highest BCUT2D eigenvalue weighted by Gasteiger charge is 2.22. The van der Waals surface area contributed by atoms with Crippen LogP contribution in [0.25, 0.3) is 0 Å². The van der Waals surface area contributed by atoms with Crippen molar-refractivity contribution in [2.75, 3.05) is 38.0 Å². The monoisotopic (exact) mass is 452 g/mol. The molecule has 0 radical (unpaired) electrons. The van der Waals surface area contributed by atoms with Gasteiger partial charge in [-0.2, -0.15) is 0 Å². The molecular formula is C24H32N6O3. The summed E-state index contributed by atoms with van der Waals surface area (Å²) in [5.74, 6) is 0.348. The molecule has 2 aliphatic heterocycles. The van der Waals surface area contributed by atoms with Crippen LogP contribution in [0.1, 0.15) is 41.4 Å². The van der Waals surface area contributed by atoms with Gasteiger partial charge in [-0.3, -0.25) is 14.5 Å². The maximum Gasteiger partial charge on any atom is 0.270 e. The minimum absolute atomic E-state index is 0.0988. The van der Waals surface area contributed by atoms with Crippen LogP contribution < -0.4 is 10.6 Å². The number of nitrogens with one attached hydrogen (secondary N) is 2. The molecule has 1 aromatic heterocycles. The molecule has 1 atom stereocenters. The third-order valence-corrected chi connectivity index (χ3v) is 6.37. The van der Waals surface area contributed by atoms with Gasteiger partial charge < -0.3 is 20.6 Å². The van der Waals surface area contributed by atoms with Crippen molar-refractivity contribution in [3.8, 4) is 0 Å². The largest absolute Gasteiger partial charge is 0.390 e. The van der Waals surface area contributed by atoms with Crippen molar-refractivity contribution in [2.24, 2.45) is 0 Å². The van der Waals surface area contributed by atoms with Gasteiger partial charge in [0.05, 0.1) is 6.10 Å². The van der Waals surface area contributed by atoms with Crippen LogP contribution in [0.15, 0.2) is 36.7 Å². The molecular weight excluding hydrogens is 420 g/mol. The first-order chi connectivity index (χ1) is 16.0. The number of piperidine rings is 1. The highest BCUT2D eigenvalue weighted by molar-refractivity contribution is 5.92. The summed E-state index contributed by atoms with van der Waals surface area (Å²) in [6, 6.07) is 10.2. The number of rotatable bonds is 7. The Kier molecular flexibility index (Phi) is 7.51. The predicted octanol–water partition coefficient (Wildman–Crippen LogP) is 1.05. The fourth-order valence-electron chi connectivity index (χ4n) is 4.48. The van der Waals surface area contributed by atoms with Crippen molar-refractivity contribution in [2.45, 2.75) is 44.9 Å². The molecule has 0 unspecified atom stereocenters. The van der Waals surface area contributed by atoms with Crippen LogP contribution in [0.3, 0.4) is 0 Å². The Morgan fingerprint density at radius 1 is 1.15 bits per heavy atom. The van der Waals surface area contributed by atoms with E-state index in [4.69, 9.17) is 0 Å². The van der Waals surface area contributed by atoms with Crippen molar-refractivity contribution in [1.82, 2.24) is 25.1 Å². The Morgan fingerprint density at radius 2 is 1.91 bits per heavy atom. The minimum atomic E-state index is -0.662. The zero-order valence-electron chi connectivity index (χ0n) is 19.0. The van der Waals surface area contributed by atoms with Gasteiger partial charge in [-0.15, -0.1) is 0 Å². The van der Waals surface area contributed by atoms with Gasteiger partial charge in [0.15, 0.2) is 0 Å². The van der Waals surface area contributed by atoms with Gasteiger partial charge in [-0.1, -0.05) is 24.3 Å². The molecule has 9 heteroatoms. The second-order valence-electron chi connectivity index (χ2n) is 8.83. The summed E-state index contributed by atoms with van der Waals surface area (Å²) < 4.78 is 0. The maximum atomic E-state index is 12.6. The SMILES string of the molecule is CC(=O)N1CCC(Nc2cc(C(=O)NC[C@H](O)CN3CCc4ccccc4C3)ncn2)CC1. The summed E-state index contributed by atoms with van der Waals surface area (Å²) in [6.07, 6.45) is 3.34. The topological polar surface area (TPSA) is 111 Å². The number of aliphatic hydroxyl groups excluding tert-OH is 1.